The van der Waals surface area contributed by atoms with Crippen LogP contribution in [0.15, 0.2) is 11.6 Å². The summed E-state index contributed by atoms with van der Waals surface area (Å²) in [5.74, 6) is 0.638. The van der Waals surface area contributed by atoms with E-state index in [1.807, 2.05) is 0 Å². The summed E-state index contributed by atoms with van der Waals surface area (Å²) >= 11 is 0. The summed E-state index contributed by atoms with van der Waals surface area (Å²) in [6, 6.07) is 0. The van der Waals surface area contributed by atoms with E-state index < -0.39 is 0 Å². The summed E-state index contributed by atoms with van der Waals surface area (Å²) in [6.07, 6.45) is 5.81. The molecule has 1 spiro atoms. The van der Waals surface area contributed by atoms with Crippen molar-refractivity contribution < 1.29 is 14.6 Å². The molecule has 0 aromatic heterocycles. The summed E-state index contributed by atoms with van der Waals surface area (Å²) in [6.45, 7) is 8.22. The Hall–Kier alpha value is -0.380. The first-order valence-electron chi connectivity index (χ1n) is 7.58. The van der Waals surface area contributed by atoms with E-state index >= 15 is 0 Å². The number of epoxide rings is 1. The Kier molecular flexibility index (Phi) is 2.24. The number of aliphatic hydroxyl groups is 1. The molecule has 3 fully saturated rings. The molecule has 0 aromatic rings. The van der Waals surface area contributed by atoms with Crippen molar-refractivity contribution in [3.8, 4) is 0 Å². The van der Waals surface area contributed by atoms with E-state index in [2.05, 4.69) is 26.8 Å². The van der Waals surface area contributed by atoms with Crippen LogP contribution in [0.25, 0.3) is 0 Å². The second-order valence-corrected chi connectivity index (χ2v) is 7.46. The molecule has 2 heterocycles. The van der Waals surface area contributed by atoms with Crippen LogP contribution in [0.3, 0.4) is 0 Å². The maximum atomic E-state index is 9.40. The van der Waals surface area contributed by atoms with Crippen molar-refractivity contribution in [2.75, 3.05) is 13.2 Å². The second kappa shape index (κ2) is 3.44. The summed E-state index contributed by atoms with van der Waals surface area (Å²) in [5, 5.41) is 9.40. The molecule has 19 heavy (non-hydrogen) atoms. The zero-order valence-electron chi connectivity index (χ0n) is 12.1. The summed E-state index contributed by atoms with van der Waals surface area (Å²) in [5.41, 5.74) is 1.47. The van der Waals surface area contributed by atoms with Crippen LogP contribution in [0, 0.1) is 16.7 Å². The minimum atomic E-state index is -0.0117. The van der Waals surface area contributed by atoms with Crippen LogP contribution >= 0.6 is 0 Å². The lowest BCUT2D eigenvalue weighted by molar-refractivity contribution is -0.197. The van der Waals surface area contributed by atoms with Crippen molar-refractivity contribution in [3.63, 3.8) is 0 Å². The zero-order chi connectivity index (χ0) is 13.5. The molecule has 6 atom stereocenters. The van der Waals surface area contributed by atoms with Gasteiger partial charge in [-0.25, -0.2) is 0 Å². The van der Waals surface area contributed by atoms with Crippen LogP contribution in [0.2, 0.25) is 0 Å². The zero-order valence-corrected chi connectivity index (χ0v) is 12.1. The largest absolute Gasteiger partial charge is 0.392 e. The topological polar surface area (TPSA) is 42.0 Å². The Morgan fingerprint density at radius 2 is 2.16 bits per heavy atom. The highest BCUT2D eigenvalue weighted by Crippen LogP contribution is 2.73. The minimum Gasteiger partial charge on any atom is -0.392 e. The predicted molar refractivity (Wildman–Crippen MR) is 71.7 cm³/mol. The maximum Gasteiger partial charge on any atom is 0.124 e. The van der Waals surface area contributed by atoms with Crippen LogP contribution in [-0.2, 0) is 9.47 Å². The molecule has 3 heteroatoms. The lowest BCUT2D eigenvalue weighted by atomic mass is 9.50. The van der Waals surface area contributed by atoms with E-state index in [-0.39, 0.29) is 35.2 Å². The van der Waals surface area contributed by atoms with Gasteiger partial charge in [0.05, 0.1) is 25.4 Å². The highest BCUT2D eigenvalue weighted by atomic mass is 16.6. The Labute approximate surface area is 115 Å². The van der Waals surface area contributed by atoms with E-state index in [9.17, 15) is 5.11 Å². The first-order chi connectivity index (χ1) is 8.98. The fourth-order valence-electron chi connectivity index (χ4n) is 5.37. The van der Waals surface area contributed by atoms with Crippen molar-refractivity contribution in [2.45, 2.75) is 57.8 Å². The van der Waals surface area contributed by atoms with E-state index in [1.165, 1.54) is 0 Å². The molecule has 2 aliphatic carbocycles. The second-order valence-electron chi connectivity index (χ2n) is 7.46. The van der Waals surface area contributed by atoms with Gasteiger partial charge in [-0.2, -0.15) is 0 Å². The minimum absolute atomic E-state index is 0.0117. The number of aliphatic hydroxyl groups excluding tert-OH is 1. The average molecular weight is 264 g/mol. The van der Waals surface area contributed by atoms with Crippen LogP contribution in [-0.4, -0.2) is 36.1 Å². The van der Waals surface area contributed by atoms with Crippen molar-refractivity contribution >= 4 is 0 Å². The average Bonchev–Trinajstić information content (AvgIpc) is 3.16. The molecule has 4 rings (SSSR count). The third-order valence-electron chi connectivity index (χ3n) is 7.09. The van der Waals surface area contributed by atoms with Crippen molar-refractivity contribution in [1.29, 1.82) is 0 Å². The van der Waals surface area contributed by atoms with Crippen molar-refractivity contribution in [3.05, 3.63) is 11.6 Å². The van der Waals surface area contributed by atoms with Gasteiger partial charge in [0.2, 0.25) is 0 Å². The molecule has 2 saturated heterocycles. The van der Waals surface area contributed by atoms with Gasteiger partial charge in [-0.05, 0) is 30.8 Å². The first kappa shape index (κ1) is 12.4. The standard InChI is InChI=1S/C16H24O3/c1-10-6-13-16(9-18-16)15(10,3)14(2)5-4-11(8-17)7-12(14)19-13/h7,10,12-13,17H,4-6,8-9H2,1-3H3/t10-,12-,13-,14+,15-,16?/m1/s1. The van der Waals surface area contributed by atoms with Gasteiger partial charge in [0.25, 0.3) is 0 Å². The molecular weight excluding hydrogens is 240 g/mol. The molecule has 3 nitrogen and oxygen atoms in total. The van der Waals surface area contributed by atoms with Gasteiger partial charge in [0.15, 0.2) is 0 Å². The maximum absolute atomic E-state index is 9.40. The lowest BCUT2D eigenvalue weighted by Crippen LogP contribution is -2.62. The van der Waals surface area contributed by atoms with Gasteiger partial charge in [0, 0.05) is 10.8 Å². The normalized spacial score (nSPS) is 58.9. The third kappa shape index (κ3) is 1.17. The monoisotopic (exact) mass is 264 g/mol. The van der Waals surface area contributed by atoms with E-state index in [1.54, 1.807) is 0 Å². The number of rotatable bonds is 1. The predicted octanol–water partition coefficient (Wildman–Crippen LogP) is 2.29. The molecule has 1 N–H and O–H groups in total. The molecule has 1 unspecified atom stereocenters. The lowest BCUT2D eigenvalue weighted by Gasteiger charge is -2.58. The fourth-order valence-corrected chi connectivity index (χ4v) is 5.37. The van der Waals surface area contributed by atoms with Gasteiger partial charge in [-0.3, -0.25) is 0 Å². The highest BCUT2D eigenvalue weighted by Gasteiger charge is 2.79. The van der Waals surface area contributed by atoms with Crippen molar-refractivity contribution in [1.82, 2.24) is 0 Å². The smallest absolute Gasteiger partial charge is 0.124 e. The Morgan fingerprint density at radius 1 is 1.42 bits per heavy atom. The molecule has 0 radical (unpaired) electrons. The van der Waals surface area contributed by atoms with Gasteiger partial charge in [0.1, 0.15) is 5.60 Å². The van der Waals surface area contributed by atoms with Gasteiger partial charge >= 0.3 is 0 Å². The summed E-state index contributed by atoms with van der Waals surface area (Å²) in [4.78, 5) is 0. The number of hydrogen-bond donors (Lipinski definition) is 1. The summed E-state index contributed by atoms with van der Waals surface area (Å²) in [7, 11) is 0. The Bertz CT molecular complexity index is 453. The van der Waals surface area contributed by atoms with Gasteiger partial charge < -0.3 is 14.6 Å². The van der Waals surface area contributed by atoms with Crippen molar-refractivity contribution in [2.24, 2.45) is 16.7 Å². The molecule has 2 aliphatic heterocycles. The highest BCUT2D eigenvalue weighted by molar-refractivity contribution is 5.31. The molecule has 0 amide bonds. The molecule has 106 valence electrons. The SMILES string of the molecule is C[C@@H]1C[C@H]2O[C@@H]3C=C(CO)CC[C@]3(C)[C@]1(C)C21CO1. The van der Waals surface area contributed by atoms with Crippen LogP contribution < -0.4 is 0 Å². The molecule has 1 saturated carbocycles. The third-order valence-corrected chi connectivity index (χ3v) is 7.09. The molecular formula is C16H24O3. The van der Waals surface area contributed by atoms with Gasteiger partial charge in [-0.1, -0.05) is 26.8 Å². The van der Waals surface area contributed by atoms with E-state index in [0.717, 1.165) is 31.4 Å². The quantitative estimate of drug-likeness (QED) is 0.583. The number of ether oxygens (including phenoxy) is 2. The number of fused-ring (bicyclic) bond motifs is 2. The summed E-state index contributed by atoms with van der Waals surface area (Å²) < 4.78 is 12.4. The Balaban J connectivity index is 1.83. The van der Waals surface area contributed by atoms with Crippen LogP contribution in [0.1, 0.15) is 40.0 Å². The fraction of sp³-hybridized carbons (Fsp3) is 0.875. The van der Waals surface area contributed by atoms with E-state index in [4.69, 9.17) is 9.47 Å². The Morgan fingerprint density at radius 3 is 2.79 bits per heavy atom. The van der Waals surface area contributed by atoms with Crippen LogP contribution in [0.4, 0.5) is 0 Å². The van der Waals surface area contributed by atoms with Crippen LogP contribution in [0.5, 0.6) is 0 Å². The number of hydrogen-bond acceptors (Lipinski definition) is 3. The van der Waals surface area contributed by atoms with E-state index in [0.29, 0.717) is 5.92 Å². The van der Waals surface area contributed by atoms with Gasteiger partial charge in [-0.15, -0.1) is 0 Å². The molecule has 4 aliphatic rings. The first-order valence-corrected chi connectivity index (χ1v) is 7.58. The molecule has 2 bridgehead atoms. The molecule has 0 aromatic carbocycles.